The first-order valence-corrected chi connectivity index (χ1v) is 7.68. The Balaban J connectivity index is 1.72. The average molecular weight is 294 g/mol. The van der Waals surface area contributed by atoms with Crippen molar-refractivity contribution in [3.63, 3.8) is 0 Å². The van der Waals surface area contributed by atoms with Crippen molar-refractivity contribution in [3.05, 3.63) is 30.1 Å². The van der Waals surface area contributed by atoms with Crippen LogP contribution in [0.4, 0.5) is 10.1 Å². The Morgan fingerprint density at radius 3 is 3.00 bits per heavy atom. The molecule has 116 valence electrons. The molecule has 1 atom stereocenters. The fourth-order valence-electron chi connectivity index (χ4n) is 3.49. The van der Waals surface area contributed by atoms with Gasteiger partial charge in [0.15, 0.2) is 0 Å². The molecule has 2 aliphatic rings. The maximum Gasteiger partial charge on any atom is 0.125 e. The summed E-state index contributed by atoms with van der Waals surface area (Å²) in [6.45, 7) is 5.04. The summed E-state index contributed by atoms with van der Waals surface area (Å²) >= 11 is 0. The van der Waals surface area contributed by atoms with Gasteiger partial charge in [-0.2, -0.15) is 0 Å². The summed E-state index contributed by atoms with van der Waals surface area (Å²) in [5.74, 6) is -0.196. The van der Waals surface area contributed by atoms with E-state index in [1.54, 1.807) is 12.1 Å². The zero-order valence-corrected chi connectivity index (χ0v) is 12.3. The lowest BCUT2D eigenvalue weighted by Crippen LogP contribution is -2.60. The second kappa shape index (κ2) is 6.30. The number of hydrogen-bond acceptors (Lipinski definition) is 4. The average Bonchev–Trinajstić information content (AvgIpc) is 2.48. The van der Waals surface area contributed by atoms with Gasteiger partial charge in [0.25, 0.3) is 0 Å². The van der Waals surface area contributed by atoms with Crippen LogP contribution in [-0.4, -0.2) is 61.5 Å². The Morgan fingerprint density at radius 2 is 2.19 bits per heavy atom. The number of benzene rings is 1. The molecular weight excluding hydrogens is 271 g/mol. The predicted octanol–water partition coefficient (Wildman–Crippen LogP) is 1.49. The number of rotatable bonds is 3. The normalized spacial score (nSPS) is 27.2. The molecule has 0 bridgehead atoms. The number of aliphatic hydroxyl groups excluding tert-OH is 1. The van der Waals surface area contributed by atoms with Crippen LogP contribution in [0.2, 0.25) is 0 Å². The highest BCUT2D eigenvalue weighted by atomic mass is 19.1. The van der Waals surface area contributed by atoms with Gasteiger partial charge < -0.3 is 14.7 Å². The van der Waals surface area contributed by atoms with Crippen molar-refractivity contribution in [1.82, 2.24) is 4.90 Å². The highest BCUT2D eigenvalue weighted by Gasteiger charge is 2.40. The van der Waals surface area contributed by atoms with Gasteiger partial charge in [-0.3, -0.25) is 4.90 Å². The predicted molar refractivity (Wildman–Crippen MR) is 80.1 cm³/mol. The van der Waals surface area contributed by atoms with Crippen molar-refractivity contribution in [3.8, 4) is 0 Å². The molecule has 2 aliphatic heterocycles. The van der Waals surface area contributed by atoms with Gasteiger partial charge in [0.2, 0.25) is 0 Å². The number of halogens is 1. The Kier molecular flexibility index (Phi) is 4.42. The summed E-state index contributed by atoms with van der Waals surface area (Å²) in [5.41, 5.74) is 0.745. The number of anilines is 1. The minimum Gasteiger partial charge on any atom is -0.395 e. The van der Waals surface area contributed by atoms with Gasteiger partial charge in [-0.25, -0.2) is 4.39 Å². The molecule has 0 aromatic heterocycles. The van der Waals surface area contributed by atoms with Crippen molar-refractivity contribution in [2.24, 2.45) is 0 Å². The van der Waals surface area contributed by atoms with Gasteiger partial charge in [0, 0.05) is 38.4 Å². The van der Waals surface area contributed by atoms with Gasteiger partial charge in [-0.15, -0.1) is 0 Å². The molecule has 1 spiro atoms. The van der Waals surface area contributed by atoms with E-state index in [0.29, 0.717) is 13.2 Å². The van der Waals surface area contributed by atoms with Gasteiger partial charge in [-0.05, 0) is 31.0 Å². The minimum absolute atomic E-state index is 0.183. The largest absolute Gasteiger partial charge is 0.395 e. The van der Waals surface area contributed by atoms with Crippen molar-refractivity contribution in [2.75, 3.05) is 50.8 Å². The van der Waals surface area contributed by atoms with Crippen molar-refractivity contribution in [2.45, 2.75) is 18.4 Å². The number of piperidine rings is 1. The van der Waals surface area contributed by atoms with Gasteiger partial charge >= 0.3 is 0 Å². The molecule has 0 unspecified atom stereocenters. The van der Waals surface area contributed by atoms with Crippen LogP contribution >= 0.6 is 0 Å². The highest BCUT2D eigenvalue weighted by Crippen LogP contribution is 2.31. The van der Waals surface area contributed by atoms with E-state index in [2.05, 4.69) is 9.80 Å². The second-order valence-corrected chi connectivity index (χ2v) is 6.04. The number of nitrogens with zero attached hydrogens (tertiary/aromatic N) is 2. The summed E-state index contributed by atoms with van der Waals surface area (Å²) < 4.78 is 19.5. The van der Waals surface area contributed by atoms with Crippen LogP contribution in [0.25, 0.3) is 0 Å². The molecule has 2 fully saturated rings. The zero-order chi connectivity index (χ0) is 14.7. The molecular formula is C16H23FN2O2. The highest BCUT2D eigenvalue weighted by molar-refractivity contribution is 5.47. The molecule has 4 nitrogen and oxygen atoms in total. The molecule has 0 radical (unpaired) electrons. The zero-order valence-electron chi connectivity index (χ0n) is 12.3. The molecule has 1 aromatic carbocycles. The molecule has 2 heterocycles. The van der Waals surface area contributed by atoms with Crippen LogP contribution in [0.3, 0.4) is 0 Å². The van der Waals surface area contributed by atoms with E-state index >= 15 is 0 Å². The van der Waals surface area contributed by atoms with E-state index in [0.717, 1.165) is 44.7 Å². The fraction of sp³-hybridized carbons (Fsp3) is 0.625. The molecule has 21 heavy (non-hydrogen) atoms. The maximum absolute atomic E-state index is 13.4. The summed E-state index contributed by atoms with van der Waals surface area (Å²) in [6, 6.07) is 6.78. The molecule has 0 saturated carbocycles. The maximum atomic E-state index is 13.4. The lowest BCUT2D eigenvalue weighted by atomic mass is 9.90. The van der Waals surface area contributed by atoms with Gasteiger partial charge in [0.1, 0.15) is 5.82 Å². The number of aliphatic hydroxyl groups is 1. The quantitative estimate of drug-likeness (QED) is 0.916. The van der Waals surface area contributed by atoms with Gasteiger partial charge in [0.05, 0.1) is 18.8 Å². The number of β-amino-alcohol motifs (C(OH)–C–C–N with tert-alkyl or cyclic N) is 1. The Morgan fingerprint density at radius 1 is 1.29 bits per heavy atom. The van der Waals surface area contributed by atoms with Crippen molar-refractivity contribution < 1.29 is 14.2 Å². The van der Waals surface area contributed by atoms with Crippen LogP contribution < -0.4 is 4.90 Å². The van der Waals surface area contributed by atoms with Crippen LogP contribution in [0.1, 0.15) is 12.8 Å². The second-order valence-electron chi connectivity index (χ2n) is 6.04. The monoisotopic (exact) mass is 294 g/mol. The van der Waals surface area contributed by atoms with E-state index in [1.807, 2.05) is 6.07 Å². The van der Waals surface area contributed by atoms with E-state index in [-0.39, 0.29) is 18.0 Å². The summed E-state index contributed by atoms with van der Waals surface area (Å²) in [7, 11) is 0. The third kappa shape index (κ3) is 3.36. The standard InChI is InChI=1S/C16H23FN2O2/c17-14-3-1-4-15(11-14)19-6-2-5-16(13-19)12-18(7-9-20)8-10-21-16/h1,3-4,11,20H,2,5-10,12-13H2/t16-/m0/s1. The number of morpholine rings is 1. The molecule has 1 aromatic rings. The first kappa shape index (κ1) is 14.8. The first-order chi connectivity index (χ1) is 10.2. The molecule has 5 heteroatoms. The minimum atomic E-state index is -0.196. The van der Waals surface area contributed by atoms with Crippen LogP contribution in [-0.2, 0) is 4.74 Å². The molecule has 0 aliphatic carbocycles. The Hall–Kier alpha value is -1.17. The molecule has 3 rings (SSSR count). The molecule has 0 amide bonds. The summed E-state index contributed by atoms with van der Waals surface area (Å²) in [6.07, 6.45) is 2.07. The van der Waals surface area contributed by atoms with Crippen molar-refractivity contribution >= 4 is 5.69 Å². The lowest BCUT2D eigenvalue weighted by Gasteiger charge is -2.48. The van der Waals surface area contributed by atoms with E-state index in [1.165, 1.54) is 6.07 Å². The third-order valence-corrected chi connectivity index (χ3v) is 4.46. The molecule has 2 saturated heterocycles. The summed E-state index contributed by atoms with van der Waals surface area (Å²) in [4.78, 5) is 4.48. The van der Waals surface area contributed by atoms with E-state index in [9.17, 15) is 4.39 Å². The van der Waals surface area contributed by atoms with E-state index in [4.69, 9.17) is 9.84 Å². The van der Waals surface area contributed by atoms with Crippen LogP contribution in [0.5, 0.6) is 0 Å². The topological polar surface area (TPSA) is 35.9 Å². The molecule has 1 N–H and O–H groups in total. The first-order valence-electron chi connectivity index (χ1n) is 7.68. The SMILES string of the molecule is OCCN1CCO[C@@]2(CCCN(c3cccc(F)c3)C2)C1. The van der Waals surface area contributed by atoms with Crippen LogP contribution in [0, 0.1) is 5.82 Å². The van der Waals surface area contributed by atoms with Gasteiger partial charge in [-0.1, -0.05) is 6.07 Å². The Bertz CT molecular complexity index is 479. The Labute approximate surface area is 125 Å². The fourth-order valence-corrected chi connectivity index (χ4v) is 3.49. The van der Waals surface area contributed by atoms with Crippen LogP contribution in [0.15, 0.2) is 24.3 Å². The summed E-state index contributed by atoms with van der Waals surface area (Å²) in [5, 5.41) is 9.13. The smallest absolute Gasteiger partial charge is 0.125 e. The third-order valence-electron chi connectivity index (χ3n) is 4.46. The number of hydrogen-bond donors (Lipinski definition) is 1. The van der Waals surface area contributed by atoms with E-state index < -0.39 is 0 Å². The lowest BCUT2D eigenvalue weighted by molar-refractivity contribution is -0.115. The number of ether oxygens (including phenoxy) is 1. The van der Waals surface area contributed by atoms with Crippen molar-refractivity contribution in [1.29, 1.82) is 0 Å².